The van der Waals surface area contributed by atoms with Gasteiger partial charge in [0.1, 0.15) is 5.75 Å². The Hall–Kier alpha value is -3.04. The summed E-state index contributed by atoms with van der Waals surface area (Å²) in [5.41, 5.74) is -1.26. The number of para-hydroxylation sites is 1. The molecule has 0 radical (unpaired) electrons. The monoisotopic (exact) mass is 387 g/mol. The molecule has 3 aromatic rings. The molecule has 0 aliphatic carbocycles. The van der Waals surface area contributed by atoms with Gasteiger partial charge in [-0.15, -0.1) is 13.2 Å². The van der Waals surface area contributed by atoms with Crippen molar-refractivity contribution < 1.29 is 31.1 Å². The third kappa shape index (κ3) is 4.04. The second-order valence-electron chi connectivity index (χ2n) is 5.47. The molecule has 0 N–H and O–H groups in total. The summed E-state index contributed by atoms with van der Waals surface area (Å²) in [6, 6.07) is 9.87. The van der Waals surface area contributed by atoms with Crippen LogP contribution < -0.4 is 4.74 Å². The van der Waals surface area contributed by atoms with Crippen molar-refractivity contribution in [3.8, 4) is 28.5 Å². The Balaban J connectivity index is 2.11. The Bertz CT molecular complexity index is 962. The van der Waals surface area contributed by atoms with Crippen LogP contribution in [0.3, 0.4) is 0 Å². The lowest BCUT2D eigenvalue weighted by Crippen LogP contribution is -2.17. The average Bonchev–Trinajstić information content (AvgIpc) is 2.94. The number of hydrogen-bond acceptors (Lipinski definition) is 3. The van der Waals surface area contributed by atoms with E-state index in [1.807, 2.05) is 0 Å². The number of benzene rings is 2. The molecule has 3 rings (SSSR count). The van der Waals surface area contributed by atoms with Gasteiger partial charge in [-0.05, 0) is 18.2 Å². The van der Waals surface area contributed by atoms with Gasteiger partial charge >= 0.3 is 12.5 Å². The molecule has 0 spiro atoms. The molecule has 0 atom stereocenters. The minimum absolute atomic E-state index is 0.0961. The lowest BCUT2D eigenvalue weighted by atomic mass is 10.1. The van der Waals surface area contributed by atoms with Gasteiger partial charge in [-0.3, -0.25) is 0 Å². The van der Waals surface area contributed by atoms with Crippen molar-refractivity contribution >= 4 is 0 Å². The molecule has 0 amide bonds. The van der Waals surface area contributed by atoms with E-state index < -0.39 is 23.9 Å². The van der Waals surface area contributed by atoms with Crippen LogP contribution >= 0.6 is 0 Å². The molecule has 1 aromatic heterocycles. The van der Waals surface area contributed by atoms with Crippen molar-refractivity contribution in [1.29, 1.82) is 0 Å². The third-order valence-corrected chi connectivity index (χ3v) is 3.59. The first-order valence-electron chi connectivity index (χ1n) is 7.49. The molecule has 2 aromatic carbocycles. The standard InChI is InChI=1S/C17H11F6N3O/c1-26-15(10-6-2-4-8-12(10)16(18,19)20)24-14(25-26)11-7-3-5-9-13(11)27-17(21,22)23/h2-9H,1H3. The van der Waals surface area contributed by atoms with Crippen LogP contribution in [-0.4, -0.2) is 21.1 Å². The molecule has 10 heteroatoms. The lowest BCUT2D eigenvalue weighted by molar-refractivity contribution is -0.274. The SMILES string of the molecule is Cn1nc(-c2ccccc2OC(F)(F)F)nc1-c1ccccc1C(F)(F)F. The fourth-order valence-corrected chi connectivity index (χ4v) is 2.52. The first-order valence-corrected chi connectivity index (χ1v) is 7.49. The van der Waals surface area contributed by atoms with Crippen LogP contribution in [0.25, 0.3) is 22.8 Å². The van der Waals surface area contributed by atoms with Gasteiger partial charge in [0.25, 0.3) is 0 Å². The van der Waals surface area contributed by atoms with Crippen molar-refractivity contribution in [2.45, 2.75) is 12.5 Å². The van der Waals surface area contributed by atoms with E-state index in [4.69, 9.17) is 0 Å². The zero-order chi connectivity index (χ0) is 19.8. The van der Waals surface area contributed by atoms with Crippen LogP contribution in [0.4, 0.5) is 26.3 Å². The fraction of sp³-hybridized carbons (Fsp3) is 0.176. The van der Waals surface area contributed by atoms with Crippen LogP contribution in [0.15, 0.2) is 48.5 Å². The van der Waals surface area contributed by atoms with Crippen molar-refractivity contribution in [3.05, 3.63) is 54.1 Å². The Morgan fingerprint density at radius 1 is 0.852 bits per heavy atom. The van der Waals surface area contributed by atoms with E-state index in [9.17, 15) is 26.3 Å². The maximum atomic E-state index is 13.2. The van der Waals surface area contributed by atoms with Crippen LogP contribution in [0.2, 0.25) is 0 Å². The molecule has 0 unspecified atom stereocenters. The first kappa shape index (κ1) is 18.7. The van der Waals surface area contributed by atoms with Gasteiger partial charge in [-0.2, -0.15) is 18.3 Å². The molecule has 27 heavy (non-hydrogen) atoms. The Morgan fingerprint density at radius 3 is 2.07 bits per heavy atom. The van der Waals surface area contributed by atoms with Crippen LogP contribution in [0, 0.1) is 0 Å². The zero-order valence-corrected chi connectivity index (χ0v) is 13.6. The Labute approximate surface area is 149 Å². The van der Waals surface area contributed by atoms with Crippen LogP contribution in [-0.2, 0) is 13.2 Å². The van der Waals surface area contributed by atoms with E-state index in [1.54, 1.807) is 0 Å². The number of rotatable bonds is 3. The molecule has 142 valence electrons. The van der Waals surface area contributed by atoms with E-state index >= 15 is 0 Å². The highest BCUT2D eigenvalue weighted by molar-refractivity contribution is 5.68. The zero-order valence-electron chi connectivity index (χ0n) is 13.6. The van der Waals surface area contributed by atoms with Gasteiger partial charge in [0.05, 0.1) is 11.1 Å². The number of alkyl halides is 6. The highest BCUT2D eigenvalue weighted by Gasteiger charge is 2.35. The van der Waals surface area contributed by atoms with E-state index in [1.165, 1.54) is 43.4 Å². The summed E-state index contributed by atoms with van der Waals surface area (Å²) in [5.74, 6) is -0.879. The topological polar surface area (TPSA) is 39.9 Å². The minimum Gasteiger partial charge on any atom is -0.405 e. The van der Waals surface area contributed by atoms with E-state index in [-0.39, 0.29) is 22.8 Å². The average molecular weight is 387 g/mol. The minimum atomic E-state index is -4.93. The molecule has 4 nitrogen and oxygen atoms in total. The largest absolute Gasteiger partial charge is 0.573 e. The summed E-state index contributed by atoms with van der Waals surface area (Å²) in [6.45, 7) is 0. The number of nitrogens with zero attached hydrogens (tertiary/aromatic N) is 3. The van der Waals surface area contributed by atoms with Gasteiger partial charge in [0, 0.05) is 12.6 Å². The van der Waals surface area contributed by atoms with E-state index in [2.05, 4.69) is 14.8 Å². The molecule has 0 fully saturated rings. The molecule has 0 saturated carbocycles. The lowest BCUT2D eigenvalue weighted by Gasteiger charge is -2.11. The Morgan fingerprint density at radius 2 is 1.44 bits per heavy atom. The molecule has 0 saturated heterocycles. The van der Waals surface area contributed by atoms with Gasteiger partial charge in [-0.25, -0.2) is 9.67 Å². The predicted molar refractivity (Wildman–Crippen MR) is 83.6 cm³/mol. The summed E-state index contributed by atoms with van der Waals surface area (Å²) in [5, 5.41) is 3.96. The van der Waals surface area contributed by atoms with E-state index in [0.717, 1.165) is 16.8 Å². The van der Waals surface area contributed by atoms with Crippen molar-refractivity contribution in [3.63, 3.8) is 0 Å². The maximum absolute atomic E-state index is 13.2. The van der Waals surface area contributed by atoms with Crippen molar-refractivity contribution in [2.24, 2.45) is 7.05 Å². The highest BCUT2D eigenvalue weighted by atomic mass is 19.4. The predicted octanol–water partition coefficient (Wildman–Crippen LogP) is 5.07. The second kappa shape index (κ2) is 6.60. The van der Waals surface area contributed by atoms with Crippen molar-refractivity contribution in [2.75, 3.05) is 0 Å². The summed E-state index contributed by atoms with van der Waals surface area (Å²) in [4.78, 5) is 4.02. The number of ether oxygens (including phenoxy) is 1. The summed E-state index contributed by atoms with van der Waals surface area (Å²) in [7, 11) is 1.35. The number of halogens is 6. The van der Waals surface area contributed by atoms with Gasteiger partial charge in [-0.1, -0.05) is 30.3 Å². The third-order valence-electron chi connectivity index (χ3n) is 3.59. The number of aryl methyl sites for hydroxylation is 1. The molecule has 1 heterocycles. The number of hydrogen-bond donors (Lipinski definition) is 0. The summed E-state index contributed by atoms with van der Waals surface area (Å²) >= 11 is 0. The normalized spacial score (nSPS) is 12.3. The molecular weight excluding hydrogens is 376 g/mol. The van der Waals surface area contributed by atoms with Crippen LogP contribution in [0.5, 0.6) is 5.75 Å². The summed E-state index contributed by atoms with van der Waals surface area (Å²) in [6.07, 6.45) is -9.56. The highest BCUT2D eigenvalue weighted by Crippen LogP contribution is 2.38. The molecule has 0 aliphatic heterocycles. The molecular formula is C17H11F6N3O. The quantitative estimate of drug-likeness (QED) is 0.590. The Kier molecular flexibility index (Phi) is 4.58. The van der Waals surface area contributed by atoms with Crippen LogP contribution in [0.1, 0.15) is 5.56 Å². The number of aromatic nitrogens is 3. The van der Waals surface area contributed by atoms with Crippen molar-refractivity contribution in [1.82, 2.24) is 14.8 Å². The summed E-state index contributed by atoms with van der Waals surface area (Å²) < 4.78 is 82.5. The van der Waals surface area contributed by atoms with Gasteiger partial charge < -0.3 is 4.74 Å². The van der Waals surface area contributed by atoms with Gasteiger partial charge in [0.2, 0.25) is 0 Å². The molecule has 0 bridgehead atoms. The molecule has 0 aliphatic rings. The maximum Gasteiger partial charge on any atom is 0.573 e. The van der Waals surface area contributed by atoms with Gasteiger partial charge in [0.15, 0.2) is 11.6 Å². The fourth-order valence-electron chi connectivity index (χ4n) is 2.52. The second-order valence-corrected chi connectivity index (χ2v) is 5.47. The van der Waals surface area contributed by atoms with E-state index in [0.29, 0.717) is 0 Å². The first-order chi connectivity index (χ1) is 12.6. The smallest absolute Gasteiger partial charge is 0.405 e.